The van der Waals surface area contributed by atoms with E-state index in [4.69, 9.17) is 0 Å². The molecule has 0 aliphatic rings. The molecule has 0 amide bonds. The molecular weight excluding hydrogens is 172 g/mol. The first-order chi connectivity index (χ1) is 6.08. The molecule has 0 saturated heterocycles. The third-order valence-corrected chi connectivity index (χ3v) is 4.09. The van der Waals surface area contributed by atoms with Crippen LogP contribution in [0.25, 0.3) is 0 Å². The smallest absolute Gasteiger partial charge is 0.0442 e. The van der Waals surface area contributed by atoms with Crippen molar-refractivity contribution in [2.45, 2.75) is 38.5 Å². The van der Waals surface area contributed by atoms with E-state index in [9.17, 15) is 0 Å². The van der Waals surface area contributed by atoms with Gasteiger partial charge in [0.25, 0.3) is 0 Å². The Morgan fingerprint density at radius 2 is 1.62 bits per heavy atom. The predicted octanol–water partition coefficient (Wildman–Crippen LogP) is 3.96. The molecule has 0 radical (unpaired) electrons. The van der Waals surface area contributed by atoms with Crippen LogP contribution in [-0.2, 0) is 6.42 Å². The van der Waals surface area contributed by atoms with Gasteiger partial charge in [0.15, 0.2) is 0 Å². The van der Waals surface area contributed by atoms with Gasteiger partial charge in [0, 0.05) is 8.07 Å². The van der Waals surface area contributed by atoms with Crippen LogP contribution in [-0.4, -0.2) is 8.07 Å². The zero-order chi connectivity index (χ0) is 9.73. The summed E-state index contributed by atoms with van der Waals surface area (Å²) in [5.74, 6) is 0. The lowest BCUT2D eigenvalue weighted by molar-refractivity contribution is 0.902. The van der Waals surface area contributed by atoms with Gasteiger partial charge in [0.1, 0.15) is 0 Å². The van der Waals surface area contributed by atoms with Gasteiger partial charge < -0.3 is 0 Å². The third-order valence-electron chi connectivity index (χ3n) is 2.24. The number of hydrogen-bond acceptors (Lipinski definition) is 0. The van der Waals surface area contributed by atoms with Crippen molar-refractivity contribution < 1.29 is 0 Å². The zero-order valence-electron chi connectivity index (χ0n) is 9.01. The highest BCUT2D eigenvalue weighted by atomic mass is 28.3. The maximum absolute atomic E-state index is 2.44. The lowest BCUT2D eigenvalue weighted by Crippen LogP contribution is -2.18. The summed E-state index contributed by atoms with van der Waals surface area (Å²) < 4.78 is 0. The minimum atomic E-state index is -0.811. The SMILES string of the molecule is C[Si](C)(C)CCCc1ccccc1. The van der Waals surface area contributed by atoms with Gasteiger partial charge in [-0.15, -0.1) is 0 Å². The van der Waals surface area contributed by atoms with E-state index in [0.29, 0.717) is 0 Å². The number of hydrogen-bond donors (Lipinski definition) is 0. The van der Waals surface area contributed by atoms with Gasteiger partial charge in [-0.1, -0.05) is 62.4 Å². The summed E-state index contributed by atoms with van der Waals surface area (Å²) in [5, 5.41) is 0. The van der Waals surface area contributed by atoms with Crippen LogP contribution in [0.1, 0.15) is 12.0 Å². The van der Waals surface area contributed by atoms with E-state index in [1.807, 2.05) is 0 Å². The van der Waals surface area contributed by atoms with E-state index in [-0.39, 0.29) is 0 Å². The topological polar surface area (TPSA) is 0 Å². The lowest BCUT2D eigenvalue weighted by Gasteiger charge is -2.14. The molecule has 0 fully saturated rings. The van der Waals surface area contributed by atoms with Crippen LogP contribution in [0.5, 0.6) is 0 Å². The van der Waals surface area contributed by atoms with Crippen molar-refractivity contribution >= 4 is 8.07 Å². The maximum Gasteiger partial charge on any atom is 0.0442 e. The van der Waals surface area contributed by atoms with Crippen LogP contribution in [0, 0.1) is 0 Å². The molecule has 0 heterocycles. The summed E-state index contributed by atoms with van der Waals surface area (Å²) in [6.45, 7) is 7.33. The lowest BCUT2D eigenvalue weighted by atomic mass is 10.1. The largest absolute Gasteiger partial charge is 0.0695 e. The fourth-order valence-electron chi connectivity index (χ4n) is 1.47. The number of benzene rings is 1. The molecule has 72 valence electrons. The monoisotopic (exact) mass is 192 g/mol. The average Bonchev–Trinajstić information content (AvgIpc) is 2.04. The standard InChI is InChI=1S/C12H20Si/c1-13(2,3)11-7-10-12-8-5-4-6-9-12/h4-6,8-9H,7,10-11H2,1-3H3. The van der Waals surface area contributed by atoms with Crippen molar-refractivity contribution in [2.75, 3.05) is 0 Å². The highest BCUT2D eigenvalue weighted by Gasteiger charge is 2.11. The van der Waals surface area contributed by atoms with Gasteiger partial charge in [-0.25, -0.2) is 0 Å². The van der Waals surface area contributed by atoms with Gasteiger partial charge in [-0.2, -0.15) is 0 Å². The quantitative estimate of drug-likeness (QED) is 0.634. The second-order valence-electron chi connectivity index (χ2n) is 4.90. The van der Waals surface area contributed by atoms with Gasteiger partial charge in [0.05, 0.1) is 0 Å². The van der Waals surface area contributed by atoms with Crippen LogP contribution < -0.4 is 0 Å². The fourth-order valence-corrected chi connectivity index (χ4v) is 2.70. The minimum absolute atomic E-state index is 0.811. The Bertz CT molecular complexity index is 233. The van der Waals surface area contributed by atoms with Crippen LogP contribution >= 0.6 is 0 Å². The Morgan fingerprint density at radius 3 is 2.15 bits per heavy atom. The van der Waals surface area contributed by atoms with E-state index < -0.39 is 8.07 Å². The molecule has 13 heavy (non-hydrogen) atoms. The second kappa shape index (κ2) is 4.61. The normalized spacial score (nSPS) is 11.6. The molecular formula is C12H20Si. The maximum atomic E-state index is 2.44. The first-order valence-corrected chi connectivity index (χ1v) is 8.82. The Morgan fingerprint density at radius 1 is 1.00 bits per heavy atom. The van der Waals surface area contributed by atoms with Crippen LogP contribution in [0.4, 0.5) is 0 Å². The molecule has 0 unspecified atom stereocenters. The highest BCUT2D eigenvalue weighted by Crippen LogP contribution is 2.13. The zero-order valence-corrected chi connectivity index (χ0v) is 10.0. The van der Waals surface area contributed by atoms with Crippen molar-refractivity contribution in [3.05, 3.63) is 35.9 Å². The second-order valence-corrected chi connectivity index (χ2v) is 10.5. The summed E-state index contributed by atoms with van der Waals surface area (Å²) in [5.41, 5.74) is 1.49. The molecule has 0 bridgehead atoms. The molecule has 0 aliphatic heterocycles. The van der Waals surface area contributed by atoms with E-state index in [1.165, 1.54) is 24.4 Å². The third kappa shape index (κ3) is 4.89. The molecule has 1 rings (SSSR count). The molecule has 1 heteroatoms. The van der Waals surface area contributed by atoms with E-state index >= 15 is 0 Å². The summed E-state index contributed by atoms with van der Waals surface area (Å²) in [6, 6.07) is 12.2. The summed E-state index contributed by atoms with van der Waals surface area (Å²) in [4.78, 5) is 0. The molecule has 1 aromatic rings. The molecule has 0 nitrogen and oxygen atoms in total. The molecule has 0 aliphatic carbocycles. The van der Waals surface area contributed by atoms with Crippen molar-refractivity contribution in [1.29, 1.82) is 0 Å². The van der Waals surface area contributed by atoms with Gasteiger partial charge in [-0.3, -0.25) is 0 Å². The van der Waals surface area contributed by atoms with Gasteiger partial charge in [0.2, 0.25) is 0 Å². The Kier molecular flexibility index (Phi) is 3.73. The molecule has 0 aromatic heterocycles. The summed E-state index contributed by atoms with van der Waals surface area (Å²) >= 11 is 0. The Labute approximate surface area is 83.0 Å². The van der Waals surface area contributed by atoms with Crippen molar-refractivity contribution in [1.82, 2.24) is 0 Å². The number of aryl methyl sites for hydroxylation is 1. The molecule has 1 aromatic carbocycles. The Balaban J connectivity index is 2.29. The van der Waals surface area contributed by atoms with Gasteiger partial charge >= 0.3 is 0 Å². The van der Waals surface area contributed by atoms with E-state index in [0.717, 1.165) is 0 Å². The fraction of sp³-hybridized carbons (Fsp3) is 0.500. The van der Waals surface area contributed by atoms with Crippen LogP contribution in [0.15, 0.2) is 30.3 Å². The first-order valence-electron chi connectivity index (χ1n) is 5.12. The average molecular weight is 192 g/mol. The van der Waals surface area contributed by atoms with Gasteiger partial charge in [-0.05, 0) is 12.0 Å². The van der Waals surface area contributed by atoms with Crippen LogP contribution in [0.2, 0.25) is 25.7 Å². The highest BCUT2D eigenvalue weighted by molar-refractivity contribution is 6.76. The van der Waals surface area contributed by atoms with Crippen molar-refractivity contribution in [3.63, 3.8) is 0 Å². The molecule has 0 N–H and O–H groups in total. The summed E-state index contributed by atoms with van der Waals surface area (Å²) in [7, 11) is -0.811. The molecule has 0 saturated carbocycles. The number of rotatable bonds is 4. The van der Waals surface area contributed by atoms with E-state index in [2.05, 4.69) is 50.0 Å². The molecule has 0 atom stereocenters. The summed E-state index contributed by atoms with van der Waals surface area (Å²) in [6.07, 6.45) is 2.62. The first kappa shape index (κ1) is 10.5. The van der Waals surface area contributed by atoms with Crippen LogP contribution in [0.3, 0.4) is 0 Å². The van der Waals surface area contributed by atoms with E-state index in [1.54, 1.807) is 0 Å². The van der Waals surface area contributed by atoms with Crippen molar-refractivity contribution in [3.8, 4) is 0 Å². The Hall–Kier alpha value is -0.563. The predicted molar refractivity (Wildman–Crippen MR) is 62.9 cm³/mol. The van der Waals surface area contributed by atoms with Crippen molar-refractivity contribution in [2.24, 2.45) is 0 Å². The minimum Gasteiger partial charge on any atom is -0.0695 e. The molecule has 0 spiro atoms.